The van der Waals surface area contributed by atoms with Crippen LogP contribution in [-0.2, 0) is 16.1 Å². The summed E-state index contributed by atoms with van der Waals surface area (Å²) < 4.78 is 23.8. The average molecular weight is 475 g/mol. The monoisotopic (exact) mass is 474 g/mol. The molecule has 0 saturated carbocycles. The highest BCUT2D eigenvalue weighted by Gasteiger charge is 2.27. The second-order valence-corrected chi connectivity index (χ2v) is 9.23. The zero-order valence-corrected chi connectivity index (χ0v) is 20.1. The lowest BCUT2D eigenvalue weighted by Crippen LogP contribution is -2.17. The third kappa shape index (κ3) is 4.98. The molecule has 5 rings (SSSR count). The average Bonchev–Trinajstić information content (AvgIpc) is 3.49. The summed E-state index contributed by atoms with van der Waals surface area (Å²) in [4.78, 5) is 11.1. The van der Waals surface area contributed by atoms with Gasteiger partial charge < -0.3 is 24.1 Å². The third-order valence-electron chi connectivity index (χ3n) is 6.84. The number of benzene rings is 3. The predicted octanol–water partition coefficient (Wildman–Crippen LogP) is 5.67. The van der Waals surface area contributed by atoms with Crippen LogP contribution in [0.2, 0.25) is 0 Å². The van der Waals surface area contributed by atoms with Gasteiger partial charge in [-0.3, -0.25) is 4.79 Å². The third-order valence-corrected chi connectivity index (χ3v) is 6.84. The molecule has 0 aliphatic carbocycles. The van der Waals surface area contributed by atoms with Gasteiger partial charge >= 0.3 is 5.97 Å². The second-order valence-electron chi connectivity index (χ2n) is 9.23. The fourth-order valence-corrected chi connectivity index (χ4v) is 4.86. The zero-order valence-electron chi connectivity index (χ0n) is 20.1. The van der Waals surface area contributed by atoms with Crippen molar-refractivity contribution in [2.24, 2.45) is 0 Å². The Bertz CT molecular complexity index is 1230. The number of aryl methyl sites for hydroxylation is 1. The highest BCUT2D eigenvalue weighted by molar-refractivity contribution is 5.73. The normalized spacial score (nSPS) is 18.7. The number of hydrogen-bond donors (Lipinski definition) is 1. The summed E-state index contributed by atoms with van der Waals surface area (Å²) in [6.45, 7) is 6.26. The van der Waals surface area contributed by atoms with Crippen molar-refractivity contribution in [3.8, 4) is 28.4 Å². The highest BCUT2D eigenvalue weighted by atomic mass is 16.5. The van der Waals surface area contributed by atoms with E-state index in [0.29, 0.717) is 31.3 Å². The van der Waals surface area contributed by atoms with E-state index in [1.165, 1.54) is 11.1 Å². The van der Waals surface area contributed by atoms with E-state index in [2.05, 4.69) is 38.1 Å². The van der Waals surface area contributed by atoms with Crippen LogP contribution in [0.15, 0.2) is 54.6 Å². The van der Waals surface area contributed by atoms with Gasteiger partial charge in [-0.15, -0.1) is 0 Å². The molecule has 1 N–H and O–H groups in total. The summed E-state index contributed by atoms with van der Waals surface area (Å²) >= 11 is 0. The van der Waals surface area contributed by atoms with Crippen molar-refractivity contribution in [3.63, 3.8) is 0 Å². The van der Waals surface area contributed by atoms with Crippen LogP contribution in [0.3, 0.4) is 0 Å². The topological polar surface area (TPSA) is 74.2 Å². The van der Waals surface area contributed by atoms with E-state index in [1.807, 2.05) is 30.3 Å². The number of ether oxygens (including phenoxy) is 4. The smallest absolute Gasteiger partial charge is 0.304 e. The van der Waals surface area contributed by atoms with E-state index in [4.69, 9.17) is 24.1 Å². The molecule has 3 aromatic carbocycles. The van der Waals surface area contributed by atoms with Gasteiger partial charge in [0.25, 0.3) is 0 Å². The van der Waals surface area contributed by atoms with Crippen molar-refractivity contribution in [2.45, 2.75) is 45.3 Å². The molecule has 182 valence electrons. The second kappa shape index (κ2) is 10.0. The first-order valence-electron chi connectivity index (χ1n) is 12.0. The van der Waals surface area contributed by atoms with Crippen LogP contribution in [0.4, 0.5) is 0 Å². The van der Waals surface area contributed by atoms with Gasteiger partial charge in [0, 0.05) is 29.5 Å². The number of rotatable bonds is 8. The fourth-order valence-electron chi connectivity index (χ4n) is 4.86. The fraction of sp³-hybridized carbons (Fsp3) is 0.345. The standard InChI is InChI=1S/C29H30O6/c1-18-5-3-4-6-23(18)24-9-10-27(35-22-11-12-32-16-22)26(19(24)2)17-33-21-7-8-25-20(13-29(30)31)15-34-28(25)14-21/h3-10,14,20,22H,11-13,15-17H2,1-2H3,(H,30,31). The summed E-state index contributed by atoms with van der Waals surface area (Å²) in [5.41, 5.74) is 6.61. The number of carbonyl (C=O) groups is 1. The molecule has 2 unspecified atom stereocenters. The molecule has 2 aliphatic heterocycles. The molecule has 6 heteroatoms. The van der Waals surface area contributed by atoms with E-state index in [-0.39, 0.29) is 18.4 Å². The number of carboxylic acid groups (broad SMARTS) is 1. The van der Waals surface area contributed by atoms with Crippen LogP contribution in [0.5, 0.6) is 17.2 Å². The highest BCUT2D eigenvalue weighted by Crippen LogP contribution is 2.39. The number of hydrogen-bond acceptors (Lipinski definition) is 5. The number of aliphatic carboxylic acids is 1. The van der Waals surface area contributed by atoms with Gasteiger partial charge in [-0.25, -0.2) is 0 Å². The van der Waals surface area contributed by atoms with Crippen molar-refractivity contribution in [1.82, 2.24) is 0 Å². The maximum Gasteiger partial charge on any atom is 0.304 e. The lowest BCUT2D eigenvalue weighted by Gasteiger charge is -2.21. The lowest BCUT2D eigenvalue weighted by molar-refractivity contribution is -0.137. The van der Waals surface area contributed by atoms with Crippen molar-refractivity contribution in [3.05, 3.63) is 76.9 Å². The summed E-state index contributed by atoms with van der Waals surface area (Å²) in [5.74, 6) is 1.23. The van der Waals surface area contributed by atoms with Crippen molar-refractivity contribution in [1.29, 1.82) is 0 Å². The summed E-state index contributed by atoms with van der Waals surface area (Å²) in [6, 6.07) is 18.2. The zero-order chi connectivity index (χ0) is 24.4. The van der Waals surface area contributed by atoms with Crippen LogP contribution in [0.25, 0.3) is 11.1 Å². The van der Waals surface area contributed by atoms with Gasteiger partial charge in [-0.2, -0.15) is 0 Å². The quantitative estimate of drug-likeness (QED) is 0.454. The Balaban J connectivity index is 1.42. The molecular weight excluding hydrogens is 444 g/mol. The van der Waals surface area contributed by atoms with Crippen LogP contribution in [0.1, 0.15) is 41.0 Å². The summed E-state index contributed by atoms with van der Waals surface area (Å²) in [5, 5.41) is 9.14. The van der Waals surface area contributed by atoms with Crippen LogP contribution >= 0.6 is 0 Å². The largest absolute Gasteiger partial charge is 0.492 e. The molecule has 0 spiro atoms. The molecule has 0 radical (unpaired) electrons. The first-order chi connectivity index (χ1) is 17.0. The maximum absolute atomic E-state index is 11.1. The Morgan fingerprint density at radius 2 is 1.91 bits per heavy atom. The molecule has 2 atom stereocenters. The molecule has 3 aromatic rings. The Kier molecular flexibility index (Phi) is 6.64. The van der Waals surface area contributed by atoms with Crippen LogP contribution in [-0.4, -0.2) is 37.0 Å². The lowest BCUT2D eigenvalue weighted by atomic mass is 9.93. The Morgan fingerprint density at radius 1 is 1.06 bits per heavy atom. The minimum atomic E-state index is -0.823. The van der Waals surface area contributed by atoms with Crippen molar-refractivity contribution >= 4 is 5.97 Å². The van der Waals surface area contributed by atoms with Gasteiger partial charge in [0.1, 0.15) is 30.0 Å². The molecule has 35 heavy (non-hydrogen) atoms. The molecule has 2 aliphatic rings. The predicted molar refractivity (Wildman–Crippen MR) is 132 cm³/mol. The van der Waals surface area contributed by atoms with E-state index >= 15 is 0 Å². The van der Waals surface area contributed by atoms with E-state index < -0.39 is 5.97 Å². The SMILES string of the molecule is Cc1ccccc1-c1ccc(OC2CCOC2)c(COc2ccc3c(c2)OCC3CC(=O)O)c1C. The molecule has 1 saturated heterocycles. The molecule has 6 nitrogen and oxygen atoms in total. The maximum atomic E-state index is 11.1. The molecule has 0 aromatic heterocycles. The Labute approximate surface area is 205 Å². The van der Waals surface area contributed by atoms with Gasteiger partial charge in [0.05, 0.1) is 26.2 Å². The Hall–Kier alpha value is -3.51. The van der Waals surface area contributed by atoms with E-state index in [0.717, 1.165) is 41.0 Å². The molecule has 0 bridgehead atoms. The van der Waals surface area contributed by atoms with Gasteiger partial charge in [-0.1, -0.05) is 36.4 Å². The van der Waals surface area contributed by atoms with Crippen LogP contribution < -0.4 is 14.2 Å². The van der Waals surface area contributed by atoms with Gasteiger partial charge in [0.15, 0.2) is 0 Å². The molecular formula is C29H30O6. The van der Waals surface area contributed by atoms with E-state index in [9.17, 15) is 4.79 Å². The van der Waals surface area contributed by atoms with Crippen LogP contribution in [0, 0.1) is 13.8 Å². The number of carboxylic acids is 1. The first kappa shape index (κ1) is 23.2. The first-order valence-corrected chi connectivity index (χ1v) is 12.0. The Morgan fingerprint density at radius 3 is 2.69 bits per heavy atom. The molecule has 0 amide bonds. The van der Waals surface area contributed by atoms with Crippen molar-refractivity contribution in [2.75, 3.05) is 19.8 Å². The minimum absolute atomic E-state index is 0.0389. The van der Waals surface area contributed by atoms with Crippen molar-refractivity contribution < 1.29 is 28.8 Å². The van der Waals surface area contributed by atoms with Gasteiger partial charge in [-0.05, 0) is 48.2 Å². The molecule has 1 fully saturated rings. The summed E-state index contributed by atoms with van der Waals surface area (Å²) in [7, 11) is 0. The van der Waals surface area contributed by atoms with E-state index in [1.54, 1.807) is 0 Å². The molecule has 2 heterocycles. The minimum Gasteiger partial charge on any atom is -0.492 e. The van der Waals surface area contributed by atoms with Gasteiger partial charge in [0.2, 0.25) is 0 Å². The number of fused-ring (bicyclic) bond motifs is 1. The summed E-state index contributed by atoms with van der Waals surface area (Å²) in [6.07, 6.45) is 0.972.